The second kappa shape index (κ2) is 11.8. The number of fused-ring (bicyclic) bond motifs is 3. The van der Waals surface area contributed by atoms with Gasteiger partial charge in [-0.3, -0.25) is 0 Å². The lowest BCUT2D eigenvalue weighted by Gasteiger charge is -2.17. The molecule has 1 aliphatic carbocycles. The smallest absolute Gasteiger partial charge is 0.407 e. The van der Waals surface area contributed by atoms with Gasteiger partial charge in [-0.05, 0) is 28.7 Å². The fourth-order valence-electron chi connectivity index (χ4n) is 3.54. The van der Waals surface area contributed by atoms with Crippen molar-refractivity contribution < 1.29 is 29.0 Å². The highest BCUT2D eigenvalue weighted by Gasteiger charge is 2.29. The van der Waals surface area contributed by atoms with Gasteiger partial charge in [0.05, 0.1) is 0 Å². The van der Waals surface area contributed by atoms with Crippen LogP contribution in [0.15, 0.2) is 61.2 Å². The molecule has 0 spiro atoms. The van der Waals surface area contributed by atoms with Gasteiger partial charge in [0.15, 0.2) is 0 Å². The highest BCUT2D eigenvalue weighted by molar-refractivity contribution is 5.85. The largest absolute Gasteiger partial charge is 0.480 e. The van der Waals surface area contributed by atoms with Crippen LogP contribution >= 0.6 is 12.4 Å². The fraction of sp³-hybridized carbons (Fsp3) is 0.261. The molecule has 3 N–H and O–H groups in total. The van der Waals surface area contributed by atoms with Crippen molar-refractivity contribution in [1.82, 2.24) is 10.6 Å². The summed E-state index contributed by atoms with van der Waals surface area (Å²) < 4.78 is 10.1. The van der Waals surface area contributed by atoms with Crippen molar-refractivity contribution in [2.24, 2.45) is 0 Å². The van der Waals surface area contributed by atoms with E-state index in [9.17, 15) is 19.5 Å². The van der Waals surface area contributed by atoms with Crippen LogP contribution in [0.1, 0.15) is 23.5 Å². The summed E-state index contributed by atoms with van der Waals surface area (Å²) in [5.74, 6) is -1.35. The summed E-state index contributed by atoms with van der Waals surface area (Å²) in [6.45, 7) is 3.56. The van der Waals surface area contributed by atoms with Crippen molar-refractivity contribution in [3.05, 3.63) is 72.3 Å². The molecule has 32 heavy (non-hydrogen) atoms. The lowest BCUT2D eigenvalue weighted by molar-refractivity contribution is -0.139. The van der Waals surface area contributed by atoms with E-state index in [0.717, 1.165) is 22.3 Å². The van der Waals surface area contributed by atoms with E-state index < -0.39 is 24.2 Å². The van der Waals surface area contributed by atoms with Crippen LogP contribution in [0.25, 0.3) is 11.1 Å². The monoisotopic (exact) mass is 460 g/mol. The molecule has 0 fully saturated rings. The van der Waals surface area contributed by atoms with Crippen molar-refractivity contribution in [2.45, 2.75) is 18.4 Å². The van der Waals surface area contributed by atoms with Gasteiger partial charge in [-0.15, -0.1) is 12.4 Å². The number of hydrogen-bond donors (Lipinski definition) is 3. The number of carbonyl (C=O) groups excluding carboxylic acids is 2. The van der Waals surface area contributed by atoms with Crippen LogP contribution in [0.3, 0.4) is 0 Å². The number of carboxylic acid groups (broad SMARTS) is 1. The molecular weight excluding hydrogens is 436 g/mol. The number of aliphatic carboxylic acids is 1. The number of rotatable bonds is 9. The zero-order valence-corrected chi connectivity index (χ0v) is 18.1. The van der Waals surface area contributed by atoms with E-state index in [0.29, 0.717) is 0 Å². The van der Waals surface area contributed by atoms with Crippen molar-refractivity contribution in [1.29, 1.82) is 0 Å². The normalized spacial score (nSPS) is 12.4. The van der Waals surface area contributed by atoms with Gasteiger partial charge in [-0.2, -0.15) is 0 Å². The maximum atomic E-state index is 12.3. The molecular formula is C23H25ClN2O6. The topological polar surface area (TPSA) is 114 Å². The van der Waals surface area contributed by atoms with E-state index in [1.165, 1.54) is 6.08 Å². The Balaban J connectivity index is 0.00000363. The predicted molar refractivity (Wildman–Crippen MR) is 121 cm³/mol. The number of hydrogen-bond acceptors (Lipinski definition) is 5. The van der Waals surface area contributed by atoms with E-state index in [4.69, 9.17) is 9.47 Å². The first-order valence-electron chi connectivity index (χ1n) is 9.87. The Morgan fingerprint density at radius 1 is 1.00 bits per heavy atom. The second-order valence-corrected chi connectivity index (χ2v) is 6.96. The van der Waals surface area contributed by atoms with Gasteiger partial charge in [0, 0.05) is 12.5 Å². The van der Waals surface area contributed by atoms with Crippen LogP contribution in [0, 0.1) is 0 Å². The van der Waals surface area contributed by atoms with Gasteiger partial charge in [0.1, 0.15) is 19.3 Å². The quantitative estimate of drug-likeness (QED) is 0.491. The number of carbonyl (C=O) groups is 3. The van der Waals surface area contributed by atoms with Crippen LogP contribution in [0.2, 0.25) is 0 Å². The average Bonchev–Trinajstić information content (AvgIpc) is 3.09. The molecule has 0 aromatic heterocycles. The zero-order chi connectivity index (χ0) is 22.2. The minimum atomic E-state index is -1.23. The van der Waals surface area contributed by atoms with E-state index in [-0.39, 0.29) is 44.5 Å². The Kier molecular flexibility index (Phi) is 9.09. The van der Waals surface area contributed by atoms with Crippen molar-refractivity contribution >= 4 is 30.6 Å². The molecule has 0 heterocycles. The standard InChI is InChI=1S/C23H24N2O6.ClH/c1-2-13-30-22(28)24-12-11-20(21(26)27)25-23(29)31-14-19-17-9-5-3-7-15(17)16-8-4-6-10-18(16)19;/h2-10,19-20H,1,11-14H2,(H,24,28)(H,25,29)(H,26,27);1H/t20-;/m1./s1. The first-order chi connectivity index (χ1) is 15.0. The van der Waals surface area contributed by atoms with Gasteiger partial charge >= 0.3 is 18.2 Å². The van der Waals surface area contributed by atoms with Crippen molar-refractivity contribution in [2.75, 3.05) is 19.8 Å². The molecule has 0 radical (unpaired) electrons. The summed E-state index contributed by atoms with van der Waals surface area (Å²) in [5, 5.41) is 14.1. The minimum absolute atomic E-state index is 0. The summed E-state index contributed by atoms with van der Waals surface area (Å²) in [7, 11) is 0. The first-order valence-corrected chi connectivity index (χ1v) is 9.87. The van der Waals surface area contributed by atoms with Crippen LogP contribution in [-0.4, -0.2) is 49.1 Å². The summed E-state index contributed by atoms with van der Waals surface area (Å²) in [4.78, 5) is 35.1. The molecule has 0 unspecified atom stereocenters. The maximum absolute atomic E-state index is 12.3. The molecule has 0 saturated heterocycles. The fourth-order valence-corrected chi connectivity index (χ4v) is 3.54. The minimum Gasteiger partial charge on any atom is -0.480 e. The van der Waals surface area contributed by atoms with Crippen molar-refractivity contribution in [3.8, 4) is 11.1 Å². The molecule has 2 aromatic rings. The van der Waals surface area contributed by atoms with E-state index in [2.05, 4.69) is 17.2 Å². The molecule has 0 aliphatic heterocycles. The Morgan fingerprint density at radius 3 is 2.16 bits per heavy atom. The molecule has 3 rings (SSSR count). The Hall–Kier alpha value is -3.52. The molecule has 0 saturated carbocycles. The summed E-state index contributed by atoms with van der Waals surface area (Å²) in [5.41, 5.74) is 4.33. The molecule has 1 aliphatic rings. The molecule has 2 aromatic carbocycles. The number of alkyl carbamates (subject to hydrolysis) is 2. The highest BCUT2D eigenvalue weighted by Crippen LogP contribution is 2.44. The van der Waals surface area contributed by atoms with Gasteiger partial charge in [-0.25, -0.2) is 14.4 Å². The number of nitrogens with one attached hydrogen (secondary N) is 2. The molecule has 0 bridgehead atoms. The summed E-state index contributed by atoms with van der Waals surface area (Å²) >= 11 is 0. The lowest BCUT2D eigenvalue weighted by atomic mass is 9.98. The van der Waals surface area contributed by atoms with Gasteiger partial charge in [-0.1, -0.05) is 61.2 Å². The number of carboxylic acids is 1. The average molecular weight is 461 g/mol. The van der Waals surface area contributed by atoms with Crippen LogP contribution in [0.4, 0.5) is 9.59 Å². The van der Waals surface area contributed by atoms with E-state index >= 15 is 0 Å². The van der Waals surface area contributed by atoms with Gasteiger partial charge < -0.3 is 25.2 Å². The molecule has 1 atom stereocenters. The Bertz CT molecular complexity index is 935. The predicted octanol–water partition coefficient (Wildman–Crippen LogP) is 3.70. The zero-order valence-electron chi connectivity index (χ0n) is 17.3. The number of halogens is 1. The molecule has 2 amide bonds. The number of benzene rings is 2. The van der Waals surface area contributed by atoms with Crippen LogP contribution < -0.4 is 10.6 Å². The third-order valence-electron chi connectivity index (χ3n) is 4.97. The molecule has 170 valence electrons. The highest BCUT2D eigenvalue weighted by atomic mass is 35.5. The maximum Gasteiger partial charge on any atom is 0.407 e. The SMILES string of the molecule is C=CCOC(=O)NCC[C@@H](NC(=O)OCC1c2ccccc2-c2ccccc21)C(=O)O.Cl. The van der Waals surface area contributed by atoms with E-state index in [1.54, 1.807) is 0 Å². The van der Waals surface area contributed by atoms with Gasteiger partial charge in [0.25, 0.3) is 0 Å². The molecule has 9 heteroatoms. The summed E-state index contributed by atoms with van der Waals surface area (Å²) in [6, 6.07) is 14.6. The van der Waals surface area contributed by atoms with Crippen LogP contribution in [-0.2, 0) is 14.3 Å². The third kappa shape index (κ3) is 6.01. The lowest BCUT2D eigenvalue weighted by Crippen LogP contribution is -2.43. The Labute approximate surface area is 192 Å². The van der Waals surface area contributed by atoms with Crippen molar-refractivity contribution in [3.63, 3.8) is 0 Å². The summed E-state index contributed by atoms with van der Waals surface area (Å²) in [6.07, 6.45) is -0.130. The third-order valence-corrected chi connectivity index (χ3v) is 4.97. The van der Waals surface area contributed by atoms with Gasteiger partial charge in [0.2, 0.25) is 0 Å². The first kappa shape index (κ1) is 24.7. The van der Waals surface area contributed by atoms with Crippen LogP contribution in [0.5, 0.6) is 0 Å². The number of ether oxygens (including phenoxy) is 2. The Morgan fingerprint density at radius 2 is 1.59 bits per heavy atom. The second-order valence-electron chi connectivity index (χ2n) is 6.96. The molecule has 8 nitrogen and oxygen atoms in total. The van der Waals surface area contributed by atoms with E-state index in [1.807, 2.05) is 48.5 Å². The number of amides is 2.